The van der Waals surface area contributed by atoms with E-state index in [-0.39, 0.29) is 12.4 Å². The number of rotatable bonds is 4. The first kappa shape index (κ1) is 10.6. The summed E-state index contributed by atoms with van der Waals surface area (Å²) in [5.41, 5.74) is 0. The maximum Gasteiger partial charge on any atom is 0.165 e. The highest BCUT2D eigenvalue weighted by Crippen LogP contribution is 2.20. The average Bonchev–Trinajstić information content (AvgIpc) is 2.66. The van der Waals surface area contributed by atoms with Crippen LogP contribution < -0.4 is 4.74 Å². The van der Waals surface area contributed by atoms with Gasteiger partial charge in [0.2, 0.25) is 0 Å². The van der Waals surface area contributed by atoms with Crippen molar-refractivity contribution in [2.24, 2.45) is 0 Å². The van der Waals surface area contributed by atoms with E-state index in [4.69, 9.17) is 9.84 Å². The first-order chi connectivity index (χ1) is 7.78. The lowest BCUT2D eigenvalue weighted by Crippen LogP contribution is -2.01. The van der Waals surface area contributed by atoms with Gasteiger partial charge in [-0.05, 0) is 12.1 Å². The molecule has 4 nitrogen and oxygen atoms in total. The molecule has 16 heavy (non-hydrogen) atoms. The van der Waals surface area contributed by atoms with Crippen molar-refractivity contribution in [1.29, 1.82) is 0 Å². The minimum Gasteiger partial charge on any atom is -0.454 e. The summed E-state index contributed by atoms with van der Waals surface area (Å²) in [5.74, 6) is 0.586. The predicted octanol–water partition coefficient (Wildman–Crippen LogP) is 1.81. The number of nitrogens with zero attached hydrogens (tertiary/aromatic N) is 2. The molecule has 0 aliphatic heterocycles. The highest BCUT2D eigenvalue weighted by molar-refractivity contribution is 5.28. The number of aromatic nitrogens is 2. The normalized spacial score (nSPS) is 10.4. The summed E-state index contributed by atoms with van der Waals surface area (Å²) in [6.45, 7) is 0.424. The number of aliphatic hydroxyl groups excluding tert-OH is 1. The van der Waals surface area contributed by atoms with Gasteiger partial charge in [-0.1, -0.05) is 6.07 Å². The Bertz CT molecular complexity index is 471. The second-order valence-electron chi connectivity index (χ2n) is 3.22. The van der Waals surface area contributed by atoms with Gasteiger partial charge in [0, 0.05) is 6.07 Å². The van der Waals surface area contributed by atoms with Crippen molar-refractivity contribution in [1.82, 2.24) is 9.78 Å². The molecule has 0 spiro atoms. The van der Waals surface area contributed by atoms with Gasteiger partial charge in [-0.15, -0.1) is 0 Å². The Balaban J connectivity index is 2.08. The van der Waals surface area contributed by atoms with Crippen molar-refractivity contribution >= 4 is 0 Å². The molecule has 2 aromatic rings. The van der Waals surface area contributed by atoms with E-state index in [1.807, 2.05) is 0 Å². The molecule has 2 rings (SSSR count). The van der Waals surface area contributed by atoms with Gasteiger partial charge in [-0.2, -0.15) is 5.10 Å². The van der Waals surface area contributed by atoms with Crippen LogP contribution in [0.3, 0.4) is 0 Å². The average molecular weight is 222 g/mol. The molecular formula is C11H11FN2O2. The number of benzene rings is 1. The molecular weight excluding hydrogens is 211 g/mol. The van der Waals surface area contributed by atoms with Crippen molar-refractivity contribution in [3.05, 3.63) is 42.5 Å². The van der Waals surface area contributed by atoms with Crippen LogP contribution in [0.15, 0.2) is 36.7 Å². The summed E-state index contributed by atoms with van der Waals surface area (Å²) >= 11 is 0. The van der Waals surface area contributed by atoms with Gasteiger partial charge in [0.1, 0.15) is 11.6 Å². The van der Waals surface area contributed by atoms with Crippen LogP contribution in [0.2, 0.25) is 0 Å². The molecule has 0 aliphatic rings. The molecule has 84 valence electrons. The van der Waals surface area contributed by atoms with Gasteiger partial charge < -0.3 is 9.84 Å². The molecule has 0 fully saturated rings. The fourth-order valence-electron chi connectivity index (χ4n) is 1.29. The Morgan fingerprint density at radius 1 is 1.38 bits per heavy atom. The molecule has 0 saturated carbocycles. The smallest absolute Gasteiger partial charge is 0.165 e. The second-order valence-corrected chi connectivity index (χ2v) is 3.22. The van der Waals surface area contributed by atoms with Gasteiger partial charge in [-0.3, -0.25) is 4.68 Å². The van der Waals surface area contributed by atoms with Gasteiger partial charge in [-0.25, -0.2) is 4.39 Å². The zero-order chi connectivity index (χ0) is 11.4. The van der Waals surface area contributed by atoms with Crippen LogP contribution in [0.4, 0.5) is 4.39 Å². The Morgan fingerprint density at radius 3 is 3.00 bits per heavy atom. The summed E-state index contributed by atoms with van der Waals surface area (Å²) in [6, 6.07) is 5.88. The molecule has 0 aliphatic carbocycles. The fourth-order valence-corrected chi connectivity index (χ4v) is 1.29. The zero-order valence-corrected chi connectivity index (χ0v) is 8.51. The van der Waals surface area contributed by atoms with Crippen molar-refractivity contribution < 1.29 is 14.2 Å². The Morgan fingerprint density at radius 2 is 2.25 bits per heavy atom. The minimum absolute atomic E-state index is 0.0150. The van der Waals surface area contributed by atoms with Crippen molar-refractivity contribution in [3.8, 4) is 11.5 Å². The molecule has 0 bridgehead atoms. The molecule has 0 radical (unpaired) electrons. The van der Waals surface area contributed by atoms with Crippen LogP contribution in [0, 0.1) is 5.82 Å². The monoisotopic (exact) mass is 222 g/mol. The maximum absolute atomic E-state index is 12.9. The van der Waals surface area contributed by atoms with Crippen LogP contribution in [0.5, 0.6) is 11.5 Å². The van der Waals surface area contributed by atoms with Gasteiger partial charge in [0.05, 0.1) is 25.5 Å². The second kappa shape index (κ2) is 4.76. The Kier molecular flexibility index (Phi) is 3.16. The zero-order valence-electron chi connectivity index (χ0n) is 8.51. The van der Waals surface area contributed by atoms with E-state index in [1.54, 1.807) is 23.0 Å². The lowest BCUT2D eigenvalue weighted by molar-refractivity contribution is 0.269. The summed E-state index contributed by atoms with van der Waals surface area (Å²) in [6.07, 6.45) is 3.15. The van der Waals surface area contributed by atoms with Crippen molar-refractivity contribution in [3.63, 3.8) is 0 Å². The molecule has 5 heteroatoms. The van der Waals surface area contributed by atoms with Crippen molar-refractivity contribution in [2.45, 2.75) is 6.54 Å². The largest absolute Gasteiger partial charge is 0.454 e. The Hall–Kier alpha value is -1.88. The first-order valence-electron chi connectivity index (χ1n) is 4.84. The summed E-state index contributed by atoms with van der Waals surface area (Å²) in [5, 5.41) is 12.7. The van der Waals surface area contributed by atoms with Gasteiger partial charge in [0.15, 0.2) is 5.75 Å². The quantitative estimate of drug-likeness (QED) is 0.858. The van der Waals surface area contributed by atoms with Crippen LogP contribution in [0.25, 0.3) is 0 Å². The molecule has 0 unspecified atom stereocenters. The summed E-state index contributed by atoms with van der Waals surface area (Å²) in [4.78, 5) is 0. The SMILES string of the molecule is OCCn1cc(Oc2cccc(F)c2)cn1. The lowest BCUT2D eigenvalue weighted by atomic mass is 10.3. The number of hydrogen-bond donors (Lipinski definition) is 1. The summed E-state index contributed by atoms with van der Waals surface area (Å²) < 4.78 is 19.8. The first-order valence-corrected chi connectivity index (χ1v) is 4.84. The third-order valence-corrected chi connectivity index (χ3v) is 1.97. The number of halogens is 1. The standard InChI is InChI=1S/C11H11FN2O2/c12-9-2-1-3-10(6-9)16-11-7-13-14(8-11)4-5-15/h1-3,6-8,15H,4-5H2. The van der Waals surface area contributed by atoms with Crippen molar-refractivity contribution in [2.75, 3.05) is 6.61 Å². The van der Waals surface area contributed by atoms with Crippen LogP contribution >= 0.6 is 0 Å². The minimum atomic E-state index is -0.347. The van der Waals surface area contributed by atoms with E-state index >= 15 is 0 Å². The molecule has 0 amide bonds. The molecule has 0 atom stereocenters. The Labute approximate surface area is 91.9 Å². The highest BCUT2D eigenvalue weighted by Gasteiger charge is 2.01. The van der Waals surface area contributed by atoms with Gasteiger partial charge >= 0.3 is 0 Å². The maximum atomic E-state index is 12.9. The lowest BCUT2D eigenvalue weighted by Gasteiger charge is -2.01. The summed E-state index contributed by atoms with van der Waals surface area (Å²) in [7, 11) is 0. The molecule has 0 saturated heterocycles. The van der Waals surface area contributed by atoms with Crippen LogP contribution in [0.1, 0.15) is 0 Å². The van der Waals surface area contributed by atoms with E-state index < -0.39 is 0 Å². The third-order valence-electron chi connectivity index (χ3n) is 1.97. The molecule has 1 heterocycles. The molecule has 1 aromatic carbocycles. The number of aliphatic hydroxyl groups is 1. The predicted molar refractivity (Wildman–Crippen MR) is 55.8 cm³/mol. The van der Waals surface area contributed by atoms with E-state index in [9.17, 15) is 4.39 Å². The highest BCUT2D eigenvalue weighted by atomic mass is 19.1. The fraction of sp³-hybridized carbons (Fsp3) is 0.182. The van der Waals surface area contributed by atoms with E-state index in [0.29, 0.717) is 18.0 Å². The van der Waals surface area contributed by atoms with E-state index in [1.165, 1.54) is 18.3 Å². The van der Waals surface area contributed by atoms with E-state index in [2.05, 4.69) is 5.10 Å². The third kappa shape index (κ3) is 2.58. The van der Waals surface area contributed by atoms with Crippen LogP contribution in [-0.4, -0.2) is 21.5 Å². The van der Waals surface area contributed by atoms with Crippen LogP contribution in [-0.2, 0) is 6.54 Å². The van der Waals surface area contributed by atoms with Gasteiger partial charge in [0.25, 0.3) is 0 Å². The number of ether oxygens (including phenoxy) is 1. The molecule has 1 aromatic heterocycles. The molecule has 1 N–H and O–H groups in total. The topological polar surface area (TPSA) is 47.3 Å². The number of hydrogen-bond acceptors (Lipinski definition) is 3. The van der Waals surface area contributed by atoms with E-state index in [0.717, 1.165) is 0 Å².